The number of H-pyrrole nitrogens is 1. The summed E-state index contributed by atoms with van der Waals surface area (Å²) >= 11 is 0. The van der Waals surface area contributed by atoms with Gasteiger partial charge in [0.25, 0.3) is 0 Å². The number of hydrogen-bond donors (Lipinski definition) is 2. The monoisotopic (exact) mass is 523 g/mol. The number of piperazine rings is 1. The van der Waals surface area contributed by atoms with E-state index in [4.69, 9.17) is 5.73 Å². The van der Waals surface area contributed by atoms with Crippen LogP contribution < -0.4 is 15.4 Å². The van der Waals surface area contributed by atoms with E-state index in [1.807, 2.05) is 44.1 Å². The molecule has 3 N–H and O–H groups in total. The number of primary amides is 1. The number of pyridine rings is 1. The van der Waals surface area contributed by atoms with Gasteiger partial charge in [0.05, 0.1) is 5.69 Å². The van der Waals surface area contributed by atoms with Gasteiger partial charge in [-0.05, 0) is 67.4 Å². The van der Waals surface area contributed by atoms with Crippen LogP contribution in [0.25, 0.3) is 33.3 Å². The van der Waals surface area contributed by atoms with E-state index in [0.717, 1.165) is 40.7 Å². The fourth-order valence-electron chi connectivity index (χ4n) is 4.97. The lowest BCUT2D eigenvalue weighted by Crippen LogP contribution is -2.44. The SMILES string of the molecule is Cc1c(C(N)=O)ccc(-c2c[nH]c3ncc(-c4ccc(N5CCN(C)CC5)c(OC(F)(F)F)c4)cc23)c1C. The van der Waals surface area contributed by atoms with Crippen molar-refractivity contribution in [1.82, 2.24) is 14.9 Å². The summed E-state index contributed by atoms with van der Waals surface area (Å²) in [5.74, 6) is -0.723. The number of anilines is 1. The molecule has 0 spiro atoms. The minimum absolute atomic E-state index is 0.234. The minimum Gasteiger partial charge on any atom is -0.404 e. The number of nitrogens with two attached hydrogens (primary N) is 1. The maximum Gasteiger partial charge on any atom is 0.573 e. The summed E-state index contributed by atoms with van der Waals surface area (Å²) in [6.07, 6.45) is -1.36. The normalized spacial score (nSPS) is 14.7. The summed E-state index contributed by atoms with van der Waals surface area (Å²) in [5.41, 5.74) is 11.7. The predicted octanol–water partition coefficient (Wildman–Crippen LogP) is 5.26. The molecule has 4 aromatic rings. The quantitative estimate of drug-likeness (QED) is 0.373. The van der Waals surface area contributed by atoms with E-state index >= 15 is 0 Å². The molecule has 0 saturated carbocycles. The fraction of sp³-hybridized carbons (Fsp3) is 0.286. The van der Waals surface area contributed by atoms with Gasteiger partial charge in [0.2, 0.25) is 5.91 Å². The highest BCUT2D eigenvalue weighted by Crippen LogP contribution is 2.39. The topological polar surface area (TPSA) is 87.5 Å². The van der Waals surface area contributed by atoms with Gasteiger partial charge in [-0.25, -0.2) is 4.98 Å². The first-order valence-corrected chi connectivity index (χ1v) is 12.2. The van der Waals surface area contributed by atoms with Crippen molar-refractivity contribution >= 4 is 22.6 Å². The molecule has 5 rings (SSSR count). The first-order chi connectivity index (χ1) is 18.0. The van der Waals surface area contributed by atoms with Crippen LogP contribution in [0.15, 0.2) is 48.8 Å². The third-order valence-corrected chi connectivity index (χ3v) is 7.24. The van der Waals surface area contributed by atoms with E-state index in [1.165, 1.54) is 6.07 Å². The highest BCUT2D eigenvalue weighted by molar-refractivity contribution is 5.99. The highest BCUT2D eigenvalue weighted by atomic mass is 19.4. The van der Waals surface area contributed by atoms with E-state index in [2.05, 4.69) is 19.6 Å². The number of nitrogens with zero attached hydrogens (tertiary/aromatic N) is 3. The molecule has 10 heteroatoms. The Kier molecular flexibility index (Phi) is 6.52. The van der Waals surface area contributed by atoms with Gasteiger partial charge in [0.1, 0.15) is 5.65 Å². The molecule has 0 bridgehead atoms. The summed E-state index contributed by atoms with van der Waals surface area (Å²) in [4.78, 5) is 23.5. The number of carbonyl (C=O) groups is 1. The van der Waals surface area contributed by atoms with Crippen LogP contribution in [0.3, 0.4) is 0 Å². The van der Waals surface area contributed by atoms with Crippen molar-refractivity contribution in [2.45, 2.75) is 20.2 Å². The Bertz CT molecular complexity index is 1520. The predicted molar refractivity (Wildman–Crippen MR) is 141 cm³/mol. The molecule has 3 heterocycles. The second-order valence-corrected chi connectivity index (χ2v) is 9.62. The number of aromatic nitrogens is 2. The van der Waals surface area contributed by atoms with E-state index in [1.54, 1.807) is 24.4 Å². The zero-order valence-electron chi connectivity index (χ0n) is 21.3. The van der Waals surface area contributed by atoms with E-state index in [0.29, 0.717) is 41.1 Å². The number of nitrogens with one attached hydrogen (secondary N) is 1. The van der Waals surface area contributed by atoms with Crippen LogP contribution in [0.5, 0.6) is 5.75 Å². The third kappa shape index (κ3) is 4.91. The molecule has 38 heavy (non-hydrogen) atoms. The van der Waals surface area contributed by atoms with Gasteiger partial charge in [-0.2, -0.15) is 0 Å². The molecule has 1 aliphatic heterocycles. The first-order valence-electron chi connectivity index (χ1n) is 12.2. The Morgan fingerprint density at radius 2 is 1.74 bits per heavy atom. The molecule has 1 aliphatic rings. The first kappa shape index (κ1) is 25.6. The van der Waals surface area contributed by atoms with Crippen LogP contribution >= 0.6 is 0 Å². The molecular formula is C28H28F3N5O2. The molecule has 1 saturated heterocycles. The largest absolute Gasteiger partial charge is 0.573 e. The van der Waals surface area contributed by atoms with Crippen molar-refractivity contribution in [3.8, 4) is 28.0 Å². The number of ether oxygens (including phenoxy) is 1. The van der Waals surface area contributed by atoms with Crippen LogP contribution in [0, 0.1) is 13.8 Å². The van der Waals surface area contributed by atoms with Crippen molar-refractivity contribution in [3.05, 3.63) is 65.5 Å². The van der Waals surface area contributed by atoms with Gasteiger partial charge in [-0.1, -0.05) is 12.1 Å². The Balaban J connectivity index is 1.57. The lowest BCUT2D eigenvalue weighted by molar-refractivity contribution is -0.274. The lowest BCUT2D eigenvalue weighted by atomic mass is 9.93. The smallest absolute Gasteiger partial charge is 0.404 e. The maximum atomic E-state index is 13.3. The molecule has 198 valence electrons. The Hall–Kier alpha value is -4.05. The summed E-state index contributed by atoms with van der Waals surface area (Å²) in [5, 5.41) is 0.804. The Morgan fingerprint density at radius 1 is 1.00 bits per heavy atom. The number of fused-ring (bicyclic) bond motifs is 1. The van der Waals surface area contributed by atoms with Crippen molar-refractivity contribution in [1.29, 1.82) is 0 Å². The van der Waals surface area contributed by atoms with Crippen LogP contribution in [0.4, 0.5) is 18.9 Å². The number of aromatic amines is 1. The number of carbonyl (C=O) groups excluding carboxylic acids is 1. The van der Waals surface area contributed by atoms with Gasteiger partial charge < -0.3 is 25.3 Å². The molecule has 0 radical (unpaired) electrons. The van der Waals surface area contributed by atoms with Crippen molar-refractivity contribution in [2.24, 2.45) is 5.73 Å². The summed E-state index contributed by atoms with van der Waals surface area (Å²) in [6.45, 7) is 6.49. The number of amides is 1. The van der Waals surface area contributed by atoms with Gasteiger partial charge in [-0.15, -0.1) is 13.2 Å². The highest BCUT2D eigenvalue weighted by Gasteiger charge is 2.33. The standard InChI is InChI=1S/C28H28F3N5O2/c1-16-17(2)21(26(32)37)6-5-20(16)23-15-34-27-22(23)12-19(14-33-27)18-4-7-24(25(13-18)38-28(29,30)31)36-10-8-35(3)9-11-36/h4-7,12-15H,8-11H2,1-3H3,(H2,32,37)(H,33,34). The van der Waals surface area contributed by atoms with Crippen LogP contribution in [0.2, 0.25) is 0 Å². The van der Waals surface area contributed by atoms with Crippen molar-refractivity contribution in [2.75, 3.05) is 38.1 Å². The number of likely N-dealkylation sites (N-methyl/N-ethyl adjacent to an activating group) is 1. The average Bonchev–Trinajstić information content (AvgIpc) is 3.28. The van der Waals surface area contributed by atoms with Crippen molar-refractivity contribution < 1.29 is 22.7 Å². The summed E-state index contributed by atoms with van der Waals surface area (Å²) in [7, 11) is 1.99. The van der Waals surface area contributed by atoms with Crippen LogP contribution in [-0.2, 0) is 0 Å². The van der Waals surface area contributed by atoms with Gasteiger partial charge in [0.15, 0.2) is 5.75 Å². The number of halogens is 3. The Labute approximate surface area is 218 Å². The molecule has 1 amide bonds. The molecule has 2 aromatic heterocycles. The van der Waals surface area contributed by atoms with Gasteiger partial charge in [-0.3, -0.25) is 4.79 Å². The van der Waals surface area contributed by atoms with Crippen LogP contribution in [0.1, 0.15) is 21.5 Å². The van der Waals surface area contributed by atoms with E-state index in [9.17, 15) is 18.0 Å². The second-order valence-electron chi connectivity index (χ2n) is 9.62. The third-order valence-electron chi connectivity index (χ3n) is 7.24. The molecule has 0 aliphatic carbocycles. The lowest BCUT2D eigenvalue weighted by Gasteiger charge is -2.35. The molecule has 1 fully saturated rings. The maximum absolute atomic E-state index is 13.3. The number of benzene rings is 2. The van der Waals surface area contributed by atoms with Crippen LogP contribution in [-0.4, -0.2) is 60.4 Å². The zero-order valence-corrected chi connectivity index (χ0v) is 21.3. The van der Waals surface area contributed by atoms with Gasteiger partial charge >= 0.3 is 6.36 Å². The molecule has 0 atom stereocenters. The average molecular weight is 524 g/mol. The molecule has 0 unspecified atom stereocenters. The number of alkyl halides is 3. The van der Waals surface area contributed by atoms with Gasteiger partial charge in [0, 0.05) is 60.6 Å². The van der Waals surface area contributed by atoms with Crippen molar-refractivity contribution in [3.63, 3.8) is 0 Å². The minimum atomic E-state index is -4.82. The summed E-state index contributed by atoms with van der Waals surface area (Å²) < 4.78 is 44.5. The number of rotatable bonds is 5. The molecule has 2 aromatic carbocycles. The summed E-state index contributed by atoms with van der Waals surface area (Å²) in [6, 6.07) is 10.3. The fourth-order valence-corrected chi connectivity index (χ4v) is 4.97. The molecular weight excluding hydrogens is 495 g/mol. The zero-order chi connectivity index (χ0) is 27.2. The molecule has 7 nitrogen and oxygen atoms in total. The Morgan fingerprint density at radius 3 is 2.42 bits per heavy atom. The van der Waals surface area contributed by atoms with E-state index in [-0.39, 0.29) is 5.75 Å². The van der Waals surface area contributed by atoms with E-state index < -0.39 is 12.3 Å². The second kappa shape index (κ2) is 9.68. The number of hydrogen-bond acceptors (Lipinski definition) is 5.